The topological polar surface area (TPSA) is 62.0 Å². The smallest absolute Gasteiger partial charge is 0.391 e. The third-order valence-electron chi connectivity index (χ3n) is 4.98. The highest BCUT2D eigenvalue weighted by atomic mass is 19.1. The summed E-state index contributed by atoms with van der Waals surface area (Å²) in [5.41, 5.74) is -0.898. The van der Waals surface area contributed by atoms with Crippen LogP contribution in [-0.4, -0.2) is 49.5 Å². The number of ether oxygens (including phenoxy) is 3. The van der Waals surface area contributed by atoms with Crippen molar-refractivity contribution in [2.45, 2.75) is 36.3 Å². The molecule has 0 aromatic carbocycles. The molecular weight excluding hydrogens is 315 g/mol. The van der Waals surface area contributed by atoms with Crippen molar-refractivity contribution in [2.24, 2.45) is 0 Å². The quantitative estimate of drug-likeness (QED) is 0.624. The number of aromatic nitrogens is 1. The lowest BCUT2D eigenvalue weighted by atomic mass is 9.65. The van der Waals surface area contributed by atoms with Crippen molar-refractivity contribution in [3.63, 3.8) is 0 Å². The molecule has 3 rings (SSSR count). The Morgan fingerprint density at radius 3 is 2.88 bits per heavy atom. The lowest BCUT2D eigenvalue weighted by Gasteiger charge is -2.44. The van der Waals surface area contributed by atoms with E-state index >= 15 is 0 Å². The SMILES string of the molecule is [C-]#[N+]C(C(=O)OC)C1(c2ccc(F)cn2)CCOC2(CCOC2)C1. The average Bonchev–Trinajstić information content (AvgIpc) is 3.03. The monoisotopic (exact) mass is 334 g/mol. The molecule has 3 unspecified atom stereocenters. The maximum absolute atomic E-state index is 13.3. The zero-order chi connectivity index (χ0) is 17.2. The maximum atomic E-state index is 13.3. The van der Waals surface area contributed by atoms with Gasteiger partial charge in [-0.3, -0.25) is 4.98 Å². The predicted molar refractivity (Wildman–Crippen MR) is 81.6 cm³/mol. The van der Waals surface area contributed by atoms with Gasteiger partial charge in [0.05, 0.1) is 31.2 Å². The predicted octanol–water partition coefficient (Wildman–Crippen LogP) is 1.89. The van der Waals surface area contributed by atoms with E-state index in [1.807, 2.05) is 0 Å². The molecule has 2 aliphatic rings. The first-order valence-corrected chi connectivity index (χ1v) is 7.83. The van der Waals surface area contributed by atoms with Gasteiger partial charge in [0.1, 0.15) is 11.2 Å². The van der Waals surface area contributed by atoms with E-state index in [0.29, 0.717) is 44.8 Å². The Balaban J connectivity index is 2.08. The second-order valence-corrected chi connectivity index (χ2v) is 6.33. The van der Waals surface area contributed by atoms with E-state index in [1.165, 1.54) is 13.2 Å². The molecule has 7 heteroatoms. The number of nitrogens with zero attached hydrogens (tertiary/aromatic N) is 2. The largest absolute Gasteiger partial charge is 0.463 e. The van der Waals surface area contributed by atoms with Gasteiger partial charge in [-0.15, -0.1) is 0 Å². The Labute approximate surface area is 139 Å². The van der Waals surface area contributed by atoms with Crippen molar-refractivity contribution >= 4 is 5.97 Å². The third-order valence-corrected chi connectivity index (χ3v) is 4.98. The molecule has 0 saturated carbocycles. The van der Waals surface area contributed by atoms with Gasteiger partial charge in [-0.25, -0.2) is 15.8 Å². The minimum absolute atomic E-state index is 0.380. The average molecular weight is 334 g/mol. The first-order valence-electron chi connectivity index (χ1n) is 7.83. The molecule has 0 amide bonds. The van der Waals surface area contributed by atoms with Gasteiger partial charge in [0, 0.05) is 19.6 Å². The standard InChI is InChI=1S/C17H19FN2O4/c1-19-14(15(21)22-2)17(13-4-3-12(18)9-20-13)6-8-24-16(10-17)5-7-23-11-16/h3-4,9,14H,5-8,10-11H2,2H3. The molecule has 1 aromatic heterocycles. The van der Waals surface area contributed by atoms with Gasteiger partial charge >= 0.3 is 12.0 Å². The van der Waals surface area contributed by atoms with Crippen LogP contribution in [0.25, 0.3) is 4.85 Å². The van der Waals surface area contributed by atoms with E-state index in [2.05, 4.69) is 9.83 Å². The van der Waals surface area contributed by atoms with Crippen LogP contribution in [0.4, 0.5) is 4.39 Å². The van der Waals surface area contributed by atoms with Gasteiger partial charge in [0.15, 0.2) is 0 Å². The zero-order valence-electron chi connectivity index (χ0n) is 13.5. The fourth-order valence-electron chi connectivity index (χ4n) is 3.78. The molecule has 3 heterocycles. The molecule has 128 valence electrons. The summed E-state index contributed by atoms with van der Waals surface area (Å²) in [5, 5.41) is 0. The molecule has 2 fully saturated rings. The van der Waals surface area contributed by atoms with Gasteiger partial charge in [-0.2, -0.15) is 0 Å². The molecule has 1 aromatic rings. The van der Waals surface area contributed by atoms with Crippen molar-refractivity contribution in [2.75, 3.05) is 26.9 Å². The number of esters is 1. The van der Waals surface area contributed by atoms with Crippen LogP contribution in [0.2, 0.25) is 0 Å². The highest BCUT2D eigenvalue weighted by Crippen LogP contribution is 2.47. The second-order valence-electron chi connectivity index (χ2n) is 6.33. The van der Waals surface area contributed by atoms with Crippen LogP contribution < -0.4 is 0 Å². The van der Waals surface area contributed by atoms with Crippen molar-refractivity contribution in [1.29, 1.82) is 0 Å². The minimum Gasteiger partial charge on any atom is -0.463 e. The highest BCUT2D eigenvalue weighted by Gasteiger charge is 2.59. The number of carbonyl (C=O) groups is 1. The van der Waals surface area contributed by atoms with Crippen molar-refractivity contribution in [3.8, 4) is 0 Å². The summed E-state index contributed by atoms with van der Waals surface area (Å²) in [6.07, 6.45) is 2.67. The molecule has 6 nitrogen and oxygen atoms in total. The summed E-state index contributed by atoms with van der Waals surface area (Å²) in [7, 11) is 1.26. The number of hydrogen-bond donors (Lipinski definition) is 0. The van der Waals surface area contributed by atoms with Crippen molar-refractivity contribution < 1.29 is 23.4 Å². The zero-order valence-corrected chi connectivity index (χ0v) is 13.5. The Morgan fingerprint density at radius 2 is 2.29 bits per heavy atom. The summed E-state index contributed by atoms with van der Waals surface area (Å²) < 4.78 is 29.6. The number of pyridine rings is 1. The van der Waals surface area contributed by atoms with Gasteiger partial charge in [-0.1, -0.05) is 0 Å². The summed E-state index contributed by atoms with van der Waals surface area (Å²) >= 11 is 0. The Kier molecular flexibility index (Phi) is 4.52. The van der Waals surface area contributed by atoms with Crippen LogP contribution >= 0.6 is 0 Å². The summed E-state index contributed by atoms with van der Waals surface area (Å²) in [4.78, 5) is 20.0. The second kappa shape index (κ2) is 6.46. The molecule has 0 bridgehead atoms. The summed E-state index contributed by atoms with van der Waals surface area (Å²) in [6.45, 7) is 8.93. The number of methoxy groups -OCH3 is 1. The van der Waals surface area contributed by atoms with Crippen LogP contribution in [0.5, 0.6) is 0 Å². The third kappa shape index (κ3) is 2.76. The van der Waals surface area contributed by atoms with Crippen LogP contribution in [-0.2, 0) is 24.4 Å². The van der Waals surface area contributed by atoms with Gasteiger partial charge in [-0.05, 0) is 25.0 Å². The first kappa shape index (κ1) is 16.8. The van der Waals surface area contributed by atoms with Crippen molar-refractivity contribution in [1.82, 2.24) is 4.98 Å². The van der Waals surface area contributed by atoms with Gasteiger partial charge in [0.25, 0.3) is 0 Å². The number of rotatable bonds is 3. The van der Waals surface area contributed by atoms with Gasteiger partial charge < -0.3 is 19.1 Å². The Bertz CT molecular complexity index is 652. The lowest BCUT2D eigenvalue weighted by molar-refractivity contribution is -0.148. The molecule has 0 radical (unpaired) electrons. The molecule has 2 aliphatic heterocycles. The molecule has 0 N–H and O–H groups in total. The Hall–Kier alpha value is -2.04. The maximum Gasteiger partial charge on any atom is 0.391 e. The van der Waals surface area contributed by atoms with Crippen LogP contribution in [0.3, 0.4) is 0 Å². The fourth-order valence-corrected chi connectivity index (χ4v) is 3.78. The van der Waals surface area contributed by atoms with Crippen LogP contribution in [0.15, 0.2) is 18.3 Å². The normalized spacial score (nSPS) is 30.7. The summed E-state index contributed by atoms with van der Waals surface area (Å²) in [6, 6.07) is 1.79. The molecule has 0 aliphatic carbocycles. The molecular formula is C17H19FN2O4. The van der Waals surface area contributed by atoms with E-state index in [-0.39, 0.29) is 0 Å². The highest BCUT2D eigenvalue weighted by molar-refractivity contribution is 5.80. The number of carbonyl (C=O) groups excluding carboxylic acids is 1. The van der Waals surface area contributed by atoms with Crippen LogP contribution in [0, 0.1) is 12.4 Å². The van der Waals surface area contributed by atoms with E-state index in [9.17, 15) is 9.18 Å². The van der Waals surface area contributed by atoms with E-state index < -0.39 is 28.8 Å². The fraction of sp³-hybridized carbons (Fsp3) is 0.588. The molecule has 24 heavy (non-hydrogen) atoms. The summed E-state index contributed by atoms with van der Waals surface area (Å²) in [5.74, 6) is -1.07. The Morgan fingerprint density at radius 1 is 1.46 bits per heavy atom. The number of halogens is 1. The van der Waals surface area contributed by atoms with E-state index in [1.54, 1.807) is 6.07 Å². The molecule has 2 saturated heterocycles. The molecule has 3 atom stereocenters. The van der Waals surface area contributed by atoms with E-state index in [0.717, 1.165) is 6.20 Å². The number of hydrogen-bond acceptors (Lipinski definition) is 5. The van der Waals surface area contributed by atoms with Crippen LogP contribution in [0.1, 0.15) is 25.0 Å². The van der Waals surface area contributed by atoms with Gasteiger partial charge in [0.2, 0.25) is 0 Å². The lowest BCUT2D eigenvalue weighted by Crippen LogP contribution is -2.55. The first-order chi connectivity index (χ1) is 11.6. The van der Waals surface area contributed by atoms with E-state index in [4.69, 9.17) is 20.8 Å². The molecule has 1 spiro atoms. The van der Waals surface area contributed by atoms with Crippen molar-refractivity contribution in [3.05, 3.63) is 41.3 Å². The minimum atomic E-state index is -1.05.